The Labute approximate surface area is 255 Å². The fourth-order valence-corrected chi connectivity index (χ4v) is 7.00. The van der Waals surface area contributed by atoms with E-state index in [1.54, 1.807) is 24.3 Å². The van der Waals surface area contributed by atoms with Gasteiger partial charge in [0.1, 0.15) is 0 Å². The van der Waals surface area contributed by atoms with Gasteiger partial charge in [0.2, 0.25) is 0 Å². The molecular formula is C34H40Cl2NO3S+. The molecule has 7 heteroatoms. The van der Waals surface area contributed by atoms with E-state index >= 15 is 0 Å². The van der Waals surface area contributed by atoms with Crippen molar-refractivity contribution in [3.8, 4) is 0 Å². The maximum atomic E-state index is 10.9. The summed E-state index contributed by atoms with van der Waals surface area (Å²) in [6.07, 6.45) is 5.09. The molecule has 3 aromatic rings. The minimum Gasteiger partial charge on any atom is -0.441 e. The van der Waals surface area contributed by atoms with Crippen molar-refractivity contribution in [3.05, 3.63) is 112 Å². The number of hydrogen-bond donors (Lipinski definition) is 0. The first-order chi connectivity index (χ1) is 19.3. The number of aryl methyl sites for hydroxylation is 1. The first-order valence-electron chi connectivity index (χ1n) is 14.0. The zero-order valence-corrected chi connectivity index (χ0v) is 26.8. The summed E-state index contributed by atoms with van der Waals surface area (Å²) in [7, 11) is -3.02. The molecule has 0 N–H and O–H groups in total. The highest BCUT2D eigenvalue weighted by Gasteiger charge is 2.57. The molecule has 2 aliphatic heterocycles. The summed E-state index contributed by atoms with van der Waals surface area (Å²) in [5.74, 6) is 1.87. The van der Waals surface area contributed by atoms with Gasteiger partial charge in [0.05, 0.1) is 16.2 Å². The number of ether oxygens (including phenoxy) is 1. The van der Waals surface area contributed by atoms with Crippen LogP contribution in [0.1, 0.15) is 62.3 Å². The summed E-state index contributed by atoms with van der Waals surface area (Å²) in [5, 5.41) is 1.54. The smallest absolute Gasteiger partial charge is 0.343 e. The molecular weight excluding hydrogens is 573 g/mol. The summed E-state index contributed by atoms with van der Waals surface area (Å²) in [6.45, 7) is 13.6. The average Bonchev–Trinajstić information content (AvgIpc) is 3.36. The third-order valence-corrected chi connectivity index (χ3v) is 9.77. The SMILES string of the molecule is C=CC[C@@]1(C)C[C@H](c2cccc(Cl)c2)C(c2ccc(Cl)cc2)[N+]2=C1OC[C@@H]2C(C)C.Cc1ccc(S(C)(=O)=O)cc1. The highest BCUT2D eigenvalue weighted by atomic mass is 35.5. The van der Waals surface area contributed by atoms with Crippen molar-refractivity contribution in [2.75, 3.05) is 12.9 Å². The lowest BCUT2D eigenvalue weighted by Crippen LogP contribution is -2.46. The minimum absolute atomic E-state index is 0.0959. The predicted molar refractivity (Wildman–Crippen MR) is 170 cm³/mol. The van der Waals surface area contributed by atoms with Gasteiger partial charge < -0.3 is 4.74 Å². The van der Waals surface area contributed by atoms with Crippen molar-refractivity contribution in [2.45, 2.75) is 63.4 Å². The van der Waals surface area contributed by atoms with Crippen molar-refractivity contribution in [1.82, 2.24) is 0 Å². The zero-order chi connectivity index (χ0) is 29.9. The highest BCUT2D eigenvalue weighted by molar-refractivity contribution is 7.90. The fraction of sp³-hybridized carbons (Fsp3) is 0.382. The van der Waals surface area contributed by atoms with E-state index in [0.29, 0.717) is 16.9 Å². The molecule has 0 radical (unpaired) electrons. The molecule has 0 spiro atoms. The minimum atomic E-state index is -3.02. The van der Waals surface area contributed by atoms with Crippen molar-refractivity contribution in [1.29, 1.82) is 0 Å². The standard InChI is InChI=1S/C26H30Cl2NO.C8H10O2S/c1-5-13-26(4)15-22(19-7-6-8-21(28)14-19)24(18-9-11-20(27)12-10-18)29-23(17(2)3)16-30-25(26)29;1-7-3-5-8(6-4-7)11(2,9)10/h5-12,14,17,22-24H,1,13,15-16H2,2-4H3;3-6H,1-2H3/q+1;/t22-,23-,24?,26+;/m1./s1. The molecule has 0 saturated carbocycles. The number of allylic oxidation sites excluding steroid dienone is 1. The first kappa shape index (κ1) is 31.3. The molecule has 1 unspecified atom stereocenters. The lowest BCUT2D eigenvalue weighted by molar-refractivity contribution is -0.616. The van der Waals surface area contributed by atoms with Gasteiger partial charge in [-0.05, 0) is 68.7 Å². The van der Waals surface area contributed by atoms with Gasteiger partial charge in [-0.1, -0.05) is 85.1 Å². The molecule has 0 saturated heterocycles. The van der Waals surface area contributed by atoms with Crippen molar-refractivity contribution >= 4 is 38.9 Å². The molecule has 41 heavy (non-hydrogen) atoms. The second-order valence-electron chi connectivity index (χ2n) is 11.8. The largest absolute Gasteiger partial charge is 0.441 e. The Kier molecular flexibility index (Phi) is 9.73. The normalized spacial score (nSPS) is 23.9. The second-order valence-corrected chi connectivity index (χ2v) is 14.7. The van der Waals surface area contributed by atoms with Crippen LogP contribution in [0.2, 0.25) is 10.0 Å². The molecule has 5 rings (SSSR count). The molecule has 3 aromatic carbocycles. The molecule has 4 nitrogen and oxygen atoms in total. The van der Waals surface area contributed by atoms with Gasteiger partial charge in [-0.2, -0.15) is 4.58 Å². The van der Waals surface area contributed by atoms with Gasteiger partial charge in [0, 0.05) is 27.8 Å². The van der Waals surface area contributed by atoms with Gasteiger partial charge in [0.25, 0.3) is 0 Å². The molecule has 0 bridgehead atoms. The summed E-state index contributed by atoms with van der Waals surface area (Å²) in [5.41, 5.74) is 3.50. The molecule has 0 aliphatic carbocycles. The van der Waals surface area contributed by atoms with E-state index in [-0.39, 0.29) is 17.4 Å². The predicted octanol–water partition coefficient (Wildman–Crippen LogP) is 8.67. The van der Waals surface area contributed by atoms with Gasteiger partial charge in [0.15, 0.2) is 28.5 Å². The van der Waals surface area contributed by atoms with Crippen molar-refractivity contribution in [2.24, 2.45) is 11.3 Å². The zero-order valence-electron chi connectivity index (χ0n) is 24.5. The van der Waals surface area contributed by atoms with Crippen LogP contribution in [0.5, 0.6) is 0 Å². The van der Waals surface area contributed by atoms with Gasteiger partial charge >= 0.3 is 5.90 Å². The van der Waals surface area contributed by atoms with E-state index in [1.807, 2.05) is 31.2 Å². The summed E-state index contributed by atoms with van der Waals surface area (Å²) >= 11 is 12.7. The molecule has 0 fully saturated rings. The van der Waals surface area contributed by atoms with Gasteiger partial charge in [-0.15, -0.1) is 6.58 Å². The maximum Gasteiger partial charge on any atom is 0.343 e. The van der Waals surface area contributed by atoms with E-state index in [2.05, 4.69) is 62.3 Å². The molecule has 4 atom stereocenters. The highest BCUT2D eigenvalue weighted by Crippen LogP contribution is 2.51. The molecule has 0 amide bonds. The Morgan fingerprint density at radius 3 is 2.24 bits per heavy atom. The summed E-state index contributed by atoms with van der Waals surface area (Å²) < 4.78 is 30.9. The number of nitrogens with zero attached hydrogens (tertiary/aromatic N) is 1. The van der Waals surface area contributed by atoms with Crippen LogP contribution in [0.3, 0.4) is 0 Å². The number of sulfone groups is 1. The number of hydrogen-bond acceptors (Lipinski definition) is 3. The van der Waals surface area contributed by atoms with Gasteiger partial charge in [-0.3, -0.25) is 0 Å². The Hall–Kier alpha value is -2.60. The third-order valence-electron chi connectivity index (χ3n) is 8.15. The van der Waals surface area contributed by atoms with Crippen LogP contribution in [0.4, 0.5) is 0 Å². The van der Waals surface area contributed by atoms with E-state index < -0.39 is 9.84 Å². The Balaban J connectivity index is 0.000000296. The van der Waals surface area contributed by atoms with Crippen LogP contribution in [0, 0.1) is 18.3 Å². The third kappa shape index (κ3) is 7.07. The van der Waals surface area contributed by atoms with E-state index in [0.717, 1.165) is 41.0 Å². The summed E-state index contributed by atoms with van der Waals surface area (Å²) in [6, 6.07) is 23.9. The fourth-order valence-electron chi connectivity index (χ4n) is 6.05. The summed E-state index contributed by atoms with van der Waals surface area (Å²) in [4.78, 5) is 0.378. The average molecular weight is 614 g/mol. The monoisotopic (exact) mass is 612 g/mol. The molecule has 0 aromatic heterocycles. The van der Waals surface area contributed by atoms with Crippen LogP contribution in [0.25, 0.3) is 0 Å². The molecule has 2 aliphatic rings. The van der Waals surface area contributed by atoms with Gasteiger partial charge in [-0.25, -0.2) is 8.42 Å². The van der Waals surface area contributed by atoms with Crippen LogP contribution in [-0.4, -0.2) is 37.8 Å². The topological polar surface area (TPSA) is 46.4 Å². The van der Waals surface area contributed by atoms with Crippen molar-refractivity contribution in [3.63, 3.8) is 0 Å². The number of benzene rings is 3. The van der Waals surface area contributed by atoms with Crippen molar-refractivity contribution < 1.29 is 17.7 Å². The number of halogens is 2. The second kappa shape index (κ2) is 12.7. The quantitative estimate of drug-likeness (QED) is 0.207. The van der Waals surface area contributed by atoms with E-state index in [1.165, 1.54) is 17.4 Å². The van der Waals surface area contributed by atoms with Crippen LogP contribution >= 0.6 is 23.2 Å². The van der Waals surface area contributed by atoms with Crippen LogP contribution < -0.4 is 0 Å². The number of rotatable bonds is 6. The van der Waals surface area contributed by atoms with Crippen LogP contribution in [-0.2, 0) is 14.6 Å². The molecule has 218 valence electrons. The van der Waals surface area contributed by atoms with E-state index in [9.17, 15) is 8.42 Å². The Morgan fingerprint density at radius 1 is 1.02 bits per heavy atom. The lowest BCUT2D eigenvalue weighted by Gasteiger charge is -2.39. The Bertz CT molecular complexity index is 1510. The van der Waals surface area contributed by atoms with Crippen LogP contribution in [0.15, 0.2) is 90.3 Å². The first-order valence-corrected chi connectivity index (χ1v) is 16.7. The molecule has 2 heterocycles. The maximum absolute atomic E-state index is 10.9. The lowest BCUT2D eigenvalue weighted by atomic mass is 9.69. The Morgan fingerprint density at radius 2 is 1.68 bits per heavy atom. The van der Waals surface area contributed by atoms with E-state index in [4.69, 9.17) is 27.9 Å².